The zero-order valence-corrected chi connectivity index (χ0v) is 17.1. The molecule has 12 heteroatoms. The van der Waals surface area contributed by atoms with E-state index in [2.05, 4.69) is 15.7 Å². The highest BCUT2D eigenvalue weighted by molar-refractivity contribution is 5.90. The molecule has 4 rings (SSSR count). The summed E-state index contributed by atoms with van der Waals surface area (Å²) in [6.45, 7) is 1.17. The van der Waals surface area contributed by atoms with E-state index in [0.29, 0.717) is 5.82 Å². The Kier molecular flexibility index (Phi) is 6.32. The van der Waals surface area contributed by atoms with Crippen LogP contribution in [-0.4, -0.2) is 67.5 Å². The van der Waals surface area contributed by atoms with Crippen molar-refractivity contribution in [3.8, 4) is 0 Å². The van der Waals surface area contributed by atoms with Crippen molar-refractivity contribution >= 4 is 29.3 Å². The maximum Gasteiger partial charge on any atom is 0.414 e. The quantitative estimate of drug-likeness (QED) is 0.651. The van der Waals surface area contributed by atoms with Gasteiger partial charge in [0.2, 0.25) is 0 Å². The molecule has 0 aliphatic carbocycles. The van der Waals surface area contributed by atoms with Crippen molar-refractivity contribution in [2.75, 3.05) is 54.4 Å². The van der Waals surface area contributed by atoms with Crippen LogP contribution in [0.15, 0.2) is 36.5 Å². The lowest BCUT2D eigenvalue weighted by Crippen LogP contribution is -2.46. The average molecular weight is 447 g/mol. The highest BCUT2D eigenvalue weighted by Crippen LogP contribution is 2.31. The lowest BCUT2D eigenvalue weighted by molar-refractivity contribution is 0.145. The molecule has 2 aliphatic rings. The number of carbonyl (C=O) groups is 2. The average Bonchev–Trinajstić information content (AvgIpc) is 2.99. The van der Waals surface area contributed by atoms with E-state index in [0.717, 1.165) is 17.0 Å². The predicted molar refractivity (Wildman–Crippen MR) is 113 cm³/mol. The molecular weight excluding hydrogens is 424 g/mol. The number of pyridine rings is 1. The van der Waals surface area contributed by atoms with E-state index in [4.69, 9.17) is 10.5 Å². The molecule has 0 radical (unpaired) electrons. The fourth-order valence-electron chi connectivity index (χ4n) is 3.61. The highest BCUT2D eigenvalue weighted by Gasteiger charge is 2.33. The van der Waals surface area contributed by atoms with Crippen molar-refractivity contribution < 1.29 is 23.1 Å². The van der Waals surface area contributed by atoms with Crippen LogP contribution < -0.4 is 26.3 Å². The minimum atomic E-state index is -0.810. The topological polar surface area (TPSA) is 116 Å². The maximum atomic E-state index is 14.9. The number of nitrogens with two attached hydrogens (primary N) is 1. The number of cyclic esters (lactones) is 1. The molecule has 3 amide bonds. The smallest absolute Gasteiger partial charge is 0.414 e. The number of halogens is 2. The van der Waals surface area contributed by atoms with Crippen molar-refractivity contribution in [1.29, 1.82) is 0 Å². The fourth-order valence-corrected chi connectivity index (χ4v) is 3.61. The zero-order valence-electron chi connectivity index (χ0n) is 17.1. The molecule has 0 saturated carbocycles. The molecule has 1 aromatic carbocycles. The van der Waals surface area contributed by atoms with Gasteiger partial charge < -0.3 is 15.4 Å². The second kappa shape index (κ2) is 9.32. The summed E-state index contributed by atoms with van der Waals surface area (Å²) >= 11 is 0. The number of carbonyl (C=O) groups excluding carboxylic acids is 2. The Balaban J connectivity index is 1.45. The first-order valence-corrected chi connectivity index (χ1v) is 10.1. The van der Waals surface area contributed by atoms with Gasteiger partial charge in [0.15, 0.2) is 11.6 Å². The summed E-state index contributed by atoms with van der Waals surface area (Å²) < 4.78 is 34.9. The Hall–Kier alpha value is -3.51. The first-order chi connectivity index (χ1) is 15.5. The standard InChI is InChI=1S/C20H23F2N7O3/c21-15-9-13(28-12-14(11-23)32-20(28)31)10-16(22)18(15)27-6-5-25-29(8-7-27)19(30)26-17-3-1-2-4-24-17/h1-4,9-10,14,25H,5-8,11-12,23H2,(H,24,26,30)/t14-/m0/s1. The van der Waals surface area contributed by atoms with Gasteiger partial charge in [0, 0.05) is 44.5 Å². The number of urea groups is 1. The molecule has 3 heterocycles. The van der Waals surface area contributed by atoms with Gasteiger partial charge >= 0.3 is 12.1 Å². The number of nitrogens with zero attached hydrogens (tertiary/aromatic N) is 4. The normalized spacial score (nSPS) is 19.0. The molecule has 0 unspecified atom stereocenters. The largest absolute Gasteiger partial charge is 0.443 e. The number of aromatic nitrogens is 1. The van der Waals surface area contributed by atoms with E-state index in [1.807, 2.05) is 0 Å². The first-order valence-electron chi connectivity index (χ1n) is 10.1. The molecule has 0 spiro atoms. The maximum absolute atomic E-state index is 14.9. The van der Waals surface area contributed by atoms with Crippen LogP contribution in [0.3, 0.4) is 0 Å². The highest BCUT2D eigenvalue weighted by atomic mass is 19.1. The van der Waals surface area contributed by atoms with Gasteiger partial charge in [0.25, 0.3) is 0 Å². The minimum absolute atomic E-state index is 0.0639. The van der Waals surface area contributed by atoms with Gasteiger partial charge in [-0.1, -0.05) is 6.07 Å². The van der Waals surface area contributed by atoms with E-state index < -0.39 is 29.9 Å². The van der Waals surface area contributed by atoms with Gasteiger partial charge in [-0.2, -0.15) is 0 Å². The molecule has 2 fully saturated rings. The Labute approximate surface area is 182 Å². The van der Waals surface area contributed by atoms with Crippen molar-refractivity contribution in [2.24, 2.45) is 5.73 Å². The molecular formula is C20H23F2N7O3. The third kappa shape index (κ3) is 4.55. The monoisotopic (exact) mass is 447 g/mol. The Bertz CT molecular complexity index is 971. The summed E-state index contributed by atoms with van der Waals surface area (Å²) in [5.41, 5.74) is 8.29. The number of hydrogen-bond donors (Lipinski definition) is 3. The lowest BCUT2D eigenvalue weighted by Gasteiger charge is -2.25. The van der Waals surface area contributed by atoms with Gasteiger partial charge in [-0.25, -0.2) is 28.8 Å². The van der Waals surface area contributed by atoms with Crippen molar-refractivity contribution in [3.05, 3.63) is 48.2 Å². The van der Waals surface area contributed by atoms with Crippen LogP contribution >= 0.6 is 0 Å². The van der Waals surface area contributed by atoms with Gasteiger partial charge in [-0.15, -0.1) is 0 Å². The molecule has 2 aromatic rings. The van der Waals surface area contributed by atoms with E-state index in [9.17, 15) is 18.4 Å². The lowest BCUT2D eigenvalue weighted by atomic mass is 10.2. The fraction of sp³-hybridized carbons (Fsp3) is 0.350. The van der Waals surface area contributed by atoms with Crippen LogP contribution in [0.2, 0.25) is 0 Å². The van der Waals surface area contributed by atoms with Crippen LogP contribution in [0.5, 0.6) is 0 Å². The molecule has 4 N–H and O–H groups in total. The summed E-state index contributed by atoms with van der Waals surface area (Å²) in [5.74, 6) is -1.23. The van der Waals surface area contributed by atoms with Crippen LogP contribution in [0.25, 0.3) is 0 Å². The number of benzene rings is 1. The third-order valence-electron chi connectivity index (χ3n) is 5.19. The van der Waals surface area contributed by atoms with Crippen LogP contribution in [0.1, 0.15) is 0 Å². The molecule has 2 saturated heterocycles. The first kappa shape index (κ1) is 21.7. The Morgan fingerprint density at radius 3 is 2.69 bits per heavy atom. The van der Waals surface area contributed by atoms with Gasteiger partial charge in [0.1, 0.15) is 17.6 Å². The molecule has 32 heavy (non-hydrogen) atoms. The van der Waals surface area contributed by atoms with E-state index in [1.165, 1.54) is 9.91 Å². The number of nitrogens with one attached hydrogen (secondary N) is 2. The predicted octanol–water partition coefficient (Wildman–Crippen LogP) is 1.50. The summed E-state index contributed by atoms with van der Waals surface area (Å²) in [6.07, 6.45) is 0.342. The minimum Gasteiger partial charge on any atom is -0.443 e. The van der Waals surface area contributed by atoms with E-state index >= 15 is 0 Å². The molecule has 170 valence electrons. The van der Waals surface area contributed by atoms with E-state index in [1.54, 1.807) is 24.4 Å². The number of amides is 3. The van der Waals surface area contributed by atoms with Crippen LogP contribution in [-0.2, 0) is 4.74 Å². The number of hydrazine groups is 1. The third-order valence-corrected chi connectivity index (χ3v) is 5.19. The van der Waals surface area contributed by atoms with Gasteiger partial charge in [-0.3, -0.25) is 15.2 Å². The second-order valence-electron chi connectivity index (χ2n) is 7.30. The van der Waals surface area contributed by atoms with Crippen molar-refractivity contribution in [1.82, 2.24) is 15.4 Å². The zero-order chi connectivity index (χ0) is 22.7. The summed E-state index contributed by atoms with van der Waals surface area (Å²) in [4.78, 5) is 31.1. The Morgan fingerprint density at radius 2 is 2.03 bits per heavy atom. The molecule has 1 atom stereocenters. The van der Waals surface area contributed by atoms with Crippen LogP contribution in [0.4, 0.5) is 35.6 Å². The molecule has 10 nitrogen and oxygen atoms in total. The van der Waals surface area contributed by atoms with Crippen LogP contribution in [0, 0.1) is 11.6 Å². The Morgan fingerprint density at radius 1 is 1.25 bits per heavy atom. The van der Waals surface area contributed by atoms with Crippen molar-refractivity contribution in [3.63, 3.8) is 0 Å². The number of anilines is 3. The molecule has 0 bridgehead atoms. The number of hydrogen-bond acceptors (Lipinski definition) is 7. The molecule has 1 aromatic heterocycles. The van der Waals surface area contributed by atoms with Gasteiger partial charge in [0.05, 0.1) is 18.8 Å². The summed E-state index contributed by atoms with van der Waals surface area (Å²) in [6, 6.07) is 6.90. The second-order valence-corrected chi connectivity index (χ2v) is 7.30. The number of ether oxygens (including phenoxy) is 1. The molecule has 2 aliphatic heterocycles. The summed E-state index contributed by atoms with van der Waals surface area (Å²) in [5, 5.41) is 4.00. The van der Waals surface area contributed by atoms with Gasteiger partial charge in [-0.05, 0) is 12.1 Å². The SMILES string of the molecule is NC[C@H]1CN(c2cc(F)c(N3CCNN(C(=O)Nc4ccccn4)CC3)c(F)c2)C(=O)O1. The summed E-state index contributed by atoms with van der Waals surface area (Å²) in [7, 11) is 0. The van der Waals surface area contributed by atoms with Crippen molar-refractivity contribution in [2.45, 2.75) is 6.10 Å². The number of rotatable bonds is 4. The van der Waals surface area contributed by atoms with E-state index in [-0.39, 0.29) is 50.6 Å².